The number of benzene rings is 2. The van der Waals surface area contributed by atoms with Crippen LogP contribution in [-0.4, -0.2) is 36.0 Å². The van der Waals surface area contributed by atoms with Crippen molar-refractivity contribution in [2.45, 2.75) is 6.54 Å². The van der Waals surface area contributed by atoms with Gasteiger partial charge in [-0.3, -0.25) is 9.36 Å². The molecule has 0 fully saturated rings. The minimum absolute atomic E-state index is 0.222. The summed E-state index contributed by atoms with van der Waals surface area (Å²) < 4.78 is 20.9. The van der Waals surface area contributed by atoms with Crippen molar-refractivity contribution in [1.29, 1.82) is 0 Å². The standard InChI is InChI=1S/C18H17FIN3O3/c1-22(2)7-8-23-15-10-12(4-6-16(15)26-18(23)25)21-17(24)11-3-5-14(20)13(19)9-11/h3-6,9-10H,7-8H2,1-2H3,(H,21,24). The molecule has 2 aromatic carbocycles. The van der Waals surface area contributed by atoms with Crippen molar-refractivity contribution < 1.29 is 13.6 Å². The van der Waals surface area contributed by atoms with Crippen LogP contribution in [0.4, 0.5) is 10.1 Å². The maximum atomic E-state index is 13.7. The molecule has 0 aliphatic rings. The number of fused-ring (bicyclic) bond motifs is 1. The van der Waals surface area contributed by atoms with Gasteiger partial charge in [0.15, 0.2) is 5.58 Å². The molecule has 0 saturated heterocycles. The average Bonchev–Trinajstić information content (AvgIpc) is 2.90. The van der Waals surface area contributed by atoms with Gasteiger partial charge in [0.1, 0.15) is 5.82 Å². The molecule has 8 heteroatoms. The summed E-state index contributed by atoms with van der Waals surface area (Å²) in [5.74, 6) is -1.31. The van der Waals surface area contributed by atoms with Crippen LogP contribution in [0.5, 0.6) is 0 Å². The first-order valence-corrected chi connectivity index (χ1v) is 8.97. The lowest BCUT2D eigenvalue weighted by atomic mass is 10.2. The van der Waals surface area contributed by atoms with E-state index in [4.69, 9.17) is 4.42 Å². The summed E-state index contributed by atoms with van der Waals surface area (Å²) in [6.07, 6.45) is 0. The molecule has 6 nitrogen and oxygen atoms in total. The molecule has 0 aliphatic heterocycles. The molecule has 1 heterocycles. The first-order chi connectivity index (χ1) is 12.3. The minimum atomic E-state index is -0.443. The van der Waals surface area contributed by atoms with Gasteiger partial charge in [-0.2, -0.15) is 0 Å². The second-order valence-electron chi connectivity index (χ2n) is 6.09. The summed E-state index contributed by atoms with van der Waals surface area (Å²) in [4.78, 5) is 26.3. The number of carbonyl (C=O) groups excluding carboxylic acids is 1. The second-order valence-corrected chi connectivity index (χ2v) is 7.25. The summed E-state index contributed by atoms with van der Waals surface area (Å²) >= 11 is 1.86. The Hall–Kier alpha value is -2.20. The zero-order valence-electron chi connectivity index (χ0n) is 14.3. The van der Waals surface area contributed by atoms with Gasteiger partial charge in [-0.1, -0.05) is 0 Å². The van der Waals surface area contributed by atoms with Gasteiger partial charge < -0.3 is 14.6 Å². The number of oxazole rings is 1. The molecule has 0 aliphatic carbocycles. The number of nitrogens with zero attached hydrogens (tertiary/aromatic N) is 2. The van der Waals surface area contributed by atoms with Crippen molar-refractivity contribution >= 4 is 45.3 Å². The SMILES string of the molecule is CN(C)CCn1c(=O)oc2ccc(NC(=O)c3ccc(I)c(F)c3)cc21. The van der Waals surface area contributed by atoms with Crippen molar-refractivity contribution in [2.75, 3.05) is 26.0 Å². The van der Waals surface area contributed by atoms with Crippen molar-refractivity contribution in [3.05, 3.63) is 61.9 Å². The van der Waals surface area contributed by atoms with Gasteiger partial charge in [0.25, 0.3) is 5.91 Å². The van der Waals surface area contributed by atoms with Crippen LogP contribution in [0.2, 0.25) is 0 Å². The maximum Gasteiger partial charge on any atom is 0.419 e. The zero-order chi connectivity index (χ0) is 18.8. The quantitative estimate of drug-likeness (QED) is 0.584. The van der Waals surface area contributed by atoms with Crippen molar-refractivity contribution in [3.63, 3.8) is 0 Å². The highest BCUT2D eigenvalue weighted by molar-refractivity contribution is 14.1. The number of anilines is 1. The number of hydrogen-bond acceptors (Lipinski definition) is 4. The van der Waals surface area contributed by atoms with E-state index in [0.717, 1.165) is 0 Å². The molecule has 0 radical (unpaired) electrons. The zero-order valence-corrected chi connectivity index (χ0v) is 16.4. The Kier molecular flexibility index (Phi) is 5.42. The summed E-state index contributed by atoms with van der Waals surface area (Å²) in [5, 5.41) is 2.72. The van der Waals surface area contributed by atoms with Gasteiger partial charge in [0.05, 0.1) is 5.52 Å². The Balaban J connectivity index is 1.88. The fraction of sp³-hybridized carbons (Fsp3) is 0.222. The van der Waals surface area contributed by atoms with Crippen LogP contribution in [-0.2, 0) is 6.54 Å². The molecule has 3 rings (SSSR count). The number of rotatable bonds is 5. The summed E-state index contributed by atoms with van der Waals surface area (Å²) in [6, 6.07) is 9.25. The van der Waals surface area contributed by atoms with Gasteiger partial charge in [-0.25, -0.2) is 9.18 Å². The highest BCUT2D eigenvalue weighted by Crippen LogP contribution is 2.20. The van der Waals surface area contributed by atoms with E-state index < -0.39 is 17.5 Å². The number of halogens is 2. The molecule has 1 N–H and O–H groups in total. The molecule has 3 aromatic rings. The lowest BCUT2D eigenvalue weighted by Crippen LogP contribution is -2.23. The van der Waals surface area contributed by atoms with Crippen molar-refractivity contribution in [2.24, 2.45) is 0 Å². The van der Waals surface area contributed by atoms with Gasteiger partial charge in [-0.15, -0.1) is 0 Å². The van der Waals surface area contributed by atoms with E-state index in [1.165, 1.54) is 10.6 Å². The first-order valence-electron chi connectivity index (χ1n) is 7.89. The van der Waals surface area contributed by atoms with E-state index in [1.54, 1.807) is 30.3 Å². The third kappa shape index (κ3) is 3.96. The average molecular weight is 469 g/mol. The Bertz CT molecular complexity index is 1030. The third-order valence-electron chi connectivity index (χ3n) is 3.88. The number of hydrogen-bond donors (Lipinski definition) is 1. The maximum absolute atomic E-state index is 13.7. The van der Waals surface area contributed by atoms with Crippen LogP contribution in [0, 0.1) is 9.39 Å². The second kappa shape index (κ2) is 7.58. The number of nitrogens with one attached hydrogen (secondary N) is 1. The monoisotopic (exact) mass is 469 g/mol. The van der Waals surface area contributed by atoms with E-state index in [-0.39, 0.29) is 5.56 Å². The van der Waals surface area contributed by atoms with Gasteiger partial charge in [-0.05, 0) is 73.1 Å². The van der Waals surface area contributed by atoms with E-state index in [0.29, 0.717) is 33.4 Å². The number of aromatic nitrogens is 1. The van der Waals surface area contributed by atoms with Crippen LogP contribution >= 0.6 is 22.6 Å². The number of carbonyl (C=O) groups is 1. The predicted molar refractivity (Wildman–Crippen MR) is 106 cm³/mol. The van der Waals surface area contributed by atoms with Gasteiger partial charge >= 0.3 is 5.76 Å². The molecule has 1 amide bonds. The fourth-order valence-electron chi connectivity index (χ4n) is 2.49. The third-order valence-corrected chi connectivity index (χ3v) is 4.75. The van der Waals surface area contributed by atoms with E-state index >= 15 is 0 Å². The molecule has 0 saturated carbocycles. The number of likely N-dealkylation sites (N-methyl/N-ethyl adjacent to an activating group) is 1. The Labute approximate surface area is 162 Å². The molecule has 136 valence electrons. The van der Waals surface area contributed by atoms with Gasteiger partial charge in [0.2, 0.25) is 0 Å². The molecule has 0 unspecified atom stereocenters. The lowest BCUT2D eigenvalue weighted by molar-refractivity contribution is 0.102. The molecular formula is C18H17FIN3O3. The van der Waals surface area contributed by atoms with Crippen molar-refractivity contribution in [1.82, 2.24) is 9.47 Å². The molecule has 26 heavy (non-hydrogen) atoms. The predicted octanol–water partition coefficient (Wildman–Crippen LogP) is 3.15. The Morgan fingerprint density at radius 2 is 2.04 bits per heavy atom. The highest BCUT2D eigenvalue weighted by Gasteiger charge is 2.13. The molecule has 0 spiro atoms. The van der Waals surface area contributed by atoms with E-state index in [9.17, 15) is 14.0 Å². The first kappa shape index (κ1) is 18.6. The fourth-order valence-corrected chi connectivity index (χ4v) is 2.83. The summed E-state index contributed by atoms with van der Waals surface area (Å²) in [5.41, 5.74) is 1.77. The van der Waals surface area contributed by atoms with Crippen LogP contribution < -0.4 is 11.1 Å². The van der Waals surface area contributed by atoms with Crippen LogP contribution in [0.3, 0.4) is 0 Å². The topological polar surface area (TPSA) is 67.5 Å². The smallest absolute Gasteiger partial charge is 0.408 e. The lowest BCUT2D eigenvalue weighted by Gasteiger charge is -2.10. The largest absolute Gasteiger partial charge is 0.419 e. The molecule has 1 aromatic heterocycles. The van der Waals surface area contributed by atoms with Crippen molar-refractivity contribution in [3.8, 4) is 0 Å². The molecule has 0 bridgehead atoms. The summed E-state index contributed by atoms with van der Waals surface area (Å²) in [6.45, 7) is 1.14. The molecular weight excluding hydrogens is 452 g/mol. The summed E-state index contributed by atoms with van der Waals surface area (Å²) in [7, 11) is 3.83. The Morgan fingerprint density at radius 3 is 2.73 bits per heavy atom. The van der Waals surface area contributed by atoms with Crippen LogP contribution in [0.25, 0.3) is 11.1 Å². The van der Waals surface area contributed by atoms with E-state index in [1.807, 2.05) is 41.6 Å². The minimum Gasteiger partial charge on any atom is -0.408 e. The van der Waals surface area contributed by atoms with Crippen LogP contribution in [0.15, 0.2) is 45.6 Å². The Morgan fingerprint density at radius 1 is 1.27 bits per heavy atom. The van der Waals surface area contributed by atoms with E-state index in [2.05, 4.69) is 5.32 Å². The van der Waals surface area contributed by atoms with Gasteiger partial charge in [0, 0.05) is 27.9 Å². The van der Waals surface area contributed by atoms with Crippen LogP contribution in [0.1, 0.15) is 10.4 Å². The normalized spacial score (nSPS) is 11.3. The molecule has 0 atom stereocenters. The highest BCUT2D eigenvalue weighted by atomic mass is 127. The number of amides is 1.